The maximum atomic E-state index is 14.2. The summed E-state index contributed by atoms with van der Waals surface area (Å²) >= 11 is 0.835. The fraction of sp³-hybridized carbons (Fsp3) is 0.419. The average Bonchev–Trinajstić information content (AvgIpc) is 3.67. The van der Waals surface area contributed by atoms with Crippen molar-refractivity contribution in [1.29, 1.82) is 0 Å². The van der Waals surface area contributed by atoms with E-state index in [0.29, 0.717) is 12.2 Å². The van der Waals surface area contributed by atoms with Crippen molar-refractivity contribution in [3.05, 3.63) is 82.1 Å². The van der Waals surface area contributed by atoms with Crippen LogP contribution in [0.1, 0.15) is 82.3 Å². The highest BCUT2D eigenvalue weighted by atomic mass is 32.1. The molecule has 3 aromatic rings. The van der Waals surface area contributed by atoms with E-state index >= 15 is 0 Å². The quantitative estimate of drug-likeness (QED) is 0.315. The summed E-state index contributed by atoms with van der Waals surface area (Å²) in [5.74, 6) is -1.85. The molecular weight excluding hydrogens is 557 g/mol. The molecule has 2 heterocycles. The number of benzene rings is 2. The van der Waals surface area contributed by atoms with Gasteiger partial charge in [-0.05, 0) is 60.5 Å². The van der Waals surface area contributed by atoms with Crippen LogP contribution >= 0.6 is 11.5 Å². The van der Waals surface area contributed by atoms with Gasteiger partial charge in [0.1, 0.15) is 16.7 Å². The van der Waals surface area contributed by atoms with E-state index in [1.54, 1.807) is 0 Å². The van der Waals surface area contributed by atoms with Crippen LogP contribution < -0.4 is 16.4 Å². The molecule has 1 aliphatic heterocycles. The fourth-order valence-electron chi connectivity index (χ4n) is 5.54. The van der Waals surface area contributed by atoms with E-state index < -0.39 is 29.6 Å². The molecule has 1 saturated heterocycles. The van der Waals surface area contributed by atoms with E-state index in [4.69, 9.17) is 10.5 Å². The third-order valence-electron chi connectivity index (χ3n) is 7.81. The Labute approximate surface area is 248 Å². The van der Waals surface area contributed by atoms with Crippen molar-refractivity contribution in [3.63, 3.8) is 0 Å². The molecule has 3 amide bonds. The zero-order chi connectivity index (χ0) is 29.5. The number of carbonyl (C=O) groups is 3. The monoisotopic (exact) mass is 593 g/mol. The molecule has 222 valence electrons. The van der Waals surface area contributed by atoms with Gasteiger partial charge in [0.2, 0.25) is 5.91 Å². The third-order valence-corrected chi connectivity index (χ3v) is 8.66. The number of carbonyl (C=O) groups excluding carboxylic acids is 3. The number of hydrogen-bond donors (Lipinski definition) is 3. The number of rotatable bonds is 10. The predicted molar refractivity (Wildman–Crippen MR) is 158 cm³/mol. The molecular formula is C31H36FN5O4S. The number of nitrogens with one attached hydrogen (secondary N) is 2. The Morgan fingerprint density at radius 1 is 1.02 bits per heavy atom. The number of anilines is 1. The van der Waals surface area contributed by atoms with Gasteiger partial charge >= 0.3 is 0 Å². The lowest BCUT2D eigenvalue weighted by Crippen LogP contribution is -2.45. The van der Waals surface area contributed by atoms with Crippen LogP contribution in [-0.4, -0.2) is 52.3 Å². The first-order valence-electron chi connectivity index (χ1n) is 14.5. The number of amides is 3. The highest BCUT2D eigenvalue weighted by Gasteiger charge is 2.36. The molecule has 0 bridgehead atoms. The van der Waals surface area contributed by atoms with Gasteiger partial charge < -0.3 is 26.0 Å². The summed E-state index contributed by atoms with van der Waals surface area (Å²) in [7, 11) is 0. The lowest BCUT2D eigenvalue weighted by Gasteiger charge is -2.31. The molecule has 1 aliphatic carbocycles. The molecule has 9 nitrogen and oxygen atoms in total. The minimum absolute atomic E-state index is 0.00903. The third kappa shape index (κ3) is 7.14. The number of nitrogen functional groups attached to an aromatic ring is 1. The minimum atomic E-state index is -1.11. The lowest BCUT2D eigenvalue weighted by molar-refractivity contribution is -0.126. The maximum Gasteiger partial charge on any atom is 0.273 e. The standard InChI is InChI=1S/C31H36FN5O4S/c32-22-15-13-21(14-16-22)27(30(39)34-18-24-12-7-17-41-24)37(19-20-8-3-1-4-9-20)31(40)28-25(33)26(36-42-28)29(38)35-23-10-5-2-6-11-23/h1,3-4,8-9,13-16,23-24,27H,2,5-7,10-12,17-19,33H2,(H,34,39)(H,35,38)/t24-,27+/m1/s1. The van der Waals surface area contributed by atoms with E-state index in [2.05, 4.69) is 15.0 Å². The number of ether oxygens (including phenoxy) is 1. The van der Waals surface area contributed by atoms with Gasteiger partial charge in [0.25, 0.3) is 11.8 Å². The topological polar surface area (TPSA) is 127 Å². The zero-order valence-electron chi connectivity index (χ0n) is 23.4. The van der Waals surface area contributed by atoms with Crippen molar-refractivity contribution in [2.24, 2.45) is 0 Å². The summed E-state index contributed by atoms with van der Waals surface area (Å²) in [6.45, 7) is 0.996. The Hall–Kier alpha value is -3.83. The van der Waals surface area contributed by atoms with Crippen molar-refractivity contribution >= 4 is 34.9 Å². The molecule has 5 rings (SSSR count). The largest absolute Gasteiger partial charge is 0.395 e. The van der Waals surface area contributed by atoms with E-state index in [1.165, 1.54) is 29.2 Å². The summed E-state index contributed by atoms with van der Waals surface area (Å²) < 4.78 is 23.8. The van der Waals surface area contributed by atoms with Crippen molar-refractivity contribution in [2.45, 2.75) is 69.7 Å². The number of halogens is 1. The van der Waals surface area contributed by atoms with Crippen molar-refractivity contribution in [1.82, 2.24) is 19.9 Å². The van der Waals surface area contributed by atoms with Gasteiger partial charge in [-0.1, -0.05) is 61.7 Å². The maximum absolute atomic E-state index is 14.2. The van der Waals surface area contributed by atoms with Crippen LogP contribution in [0, 0.1) is 5.82 Å². The van der Waals surface area contributed by atoms with Gasteiger partial charge in [-0.3, -0.25) is 14.4 Å². The molecule has 42 heavy (non-hydrogen) atoms. The summed E-state index contributed by atoms with van der Waals surface area (Å²) in [6, 6.07) is 13.7. The first-order valence-corrected chi connectivity index (χ1v) is 15.2. The van der Waals surface area contributed by atoms with Gasteiger partial charge in [-0.15, -0.1) is 0 Å². The summed E-state index contributed by atoms with van der Waals surface area (Å²) in [4.78, 5) is 42.6. The predicted octanol–water partition coefficient (Wildman–Crippen LogP) is 4.61. The molecule has 2 atom stereocenters. The molecule has 0 radical (unpaired) electrons. The SMILES string of the molecule is Nc1c(C(=O)NC2CCCCC2)nsc1C(=O)N(Cc1ccccc1)[C@H](C(=O)NC[C@H]1CCCO1)c1ccc(F)cc1. The van der Waals surface area contributed by atoms with E-state index in [9.17, 15) is 18.8 Å². The highest BCUT2D eigenvalue weighted by Crippen LogP contribution is 2.31. The number of nitrogens with zero attached hydrogens (tertiary/aromatic N) is 2. The zero-order valence-corrected chi connectivity index (χ0v) is 24.2. The van der Waals surface area contributed by atoms with Crippen LogP contribution in [0.2, 0.25) is 0 Å². The second-order valence-electron chi connectivity index (χ2n) is 10.8. The fourth-order valence-corrected chi connectivity index (χ4v) is 6.30. The average molecular weight is 594 g/mol. The lowest BCUT2D eigenvalue weighted by atomic mass is 9.95. The van der Waals surface area contributed by atoms with Crippen molar-refractivity contribution in [2.75, 3.05) is 18.9 Å². The Balaban J connectivity index is 1.46. The molecule has 2 aliphatic rings. The van der Waals surface area contributed by atoms with Crippen molar-refractivity contribution in [3.8, 4) is 0 Å². The Kier molecular flexibility index (Phi) is 9.81. The van der Waals surface area contributed by atoms with Crippen LogP contribution in [0.15, 0.2) is 54.6 Å². The van der Waals surface area contributed by atoms with Crippen LogP contribution in [0.4, 0.5) is 10.1 Å². The molecule has 1 aromatic heterocycles. The van der Waals surface area contributed by atoms with Crippen LogP contribution in [0.25, 0.3) is 0 Å². The Morgan fingerprint density at radius 3 is 2.45 bits per heavy atom. The molecule has 11 heteroatoms. The van der Waals surface area contributed by atoms with Gasteiger partial charge in [0.15, 0.2) is 5.69 Å². The van der Waals surface area contributed by atoms with Crippen LogP contribution in [0.3, 0.4) is 0 Å². The summed E-state index contributed by atoms with van der Waals surface area (Å²) in [6.07, 6.45) is 6.68. The molecule has 0 spiro atoms. The number of nitrogens with two attached hydrogens (primary N) is 1. The first-order chi connectivity index (χ1) is 20.4. The van der Waals surface area contributed by atoms with Crippen molar-refractivity contribution < 1.29 is 23.5 Å². The van der Waals surface area contributed by atoms with Gasteiger partial charge in [0.05, 0.1) is 11.8 Å². The second kappa shape index (κ2) is 13.9. The molecule has 2 fully saturated rings. The van der Waals surface area contributed by atoms with Gasteiger partial charge in [0, 0.05) is 25.7 Å². The Bertz CT molecular complexity index is 1370. The molecule has 0 unspecified atom stereocenters. The van der Waals surface area contributed by atoms with E-state index in [-0.39, 0.29) is 41.5 Å². The van der Waals surface area contributed by atoms with E-state index in [0.717, 1.165) is 62.0 Å². The van der Waals surface area contributed by atoms with E-state index in [1.807, 2.05) is 30.3 Å². The van der Waals surface area contributed by atoms with Crippen LogP contribution in [-0.2, 0) is 16.1 Å². The molecule has 4 N–H and O–H groups in total. The van der Waals surface area contributed by atoms with Crippen LogP contribution in [0.5, 0.6) is 0 Å². The smallest absolute Gasteiger partial charge is 0.273 e. The molecule has 2 aromatic carbocycles. The molecule has 1 saturated carbocycles. The summed E-state index contributed by atoms with van der Waals surface area (Å²) in [5, 5.41) is 5.94. The highest BCUT2D eigenvalue weighted by molar-refractivity contribution is 7.09. The number of hydrogen-bond acceptors (Lipinski definition) is 7. The number of aromatic nitrogens is 1. The summed E-state index contributed by atoms with van der Waals surface area (Å²) in [5.41, 5.74) is 7.60. The second-order valence-corrected chi connectivity index (χ2v) is 11.6. The van der Waals surface area contributed by atoms with Gasteiger partial charge in [-0.2, -0.15) is 4.37 Å². The normalized spacial score (nSPS) is 17.9. The van der Waals surface area contributed by atoms with Gasteiger partial charge in [-0.25, -0.2) is 4.39 Å². The minimum Gasteiger partial charge on any atom is -0.395 e. The Morgan fingerprint density at radius 2 is 1.76 bits per heavy atom. The first kappa shape index (κ1) is 29.7.